The molecule has 0 spiro atoms. The molecule has 0 bridgehead atoms. The van der Waals surface area contributed by atoms with Crippen LogP contribution in [0.3, 0.4) is 0 Å². The van der Waals surface area contributed by atoms with Crippen LogP contribution in [0.2, 0.25) is 0 Å². The molecular formula is C14H15N3O3S. The van der Waals surface area contributed by atoms with Gasteiger partial charge in [0.25, 0.3) is 10.0 Å². The number of carbonyl (C=O) groups excluding carboxylic acids is 1. The number of anilines is 2. The molecule has 2 rings (SSSR count). The summed E-state index contributed by atoms with van der Waals surface area (Å²) in [4.78, 5) is 11.0. The zero-order chi connectivity index (χ0) is 15.3. The molecule has 110 valence electrons. The minimum atomic E-state index is -3.59. The molecule has 6 nitrogen and oxygen atoms in total. The number of hydrazine groups is 1. The molecular weight excluding hydrogens is 290 g/mol. The number of hydrogen-bond donors (Lipinski definition) is 3. The molecule has 0 radical (unpaired) electrons. The lowest BCUT2D eigenvalue weighted by Gasteiger charge is -2.10. The summed E-state index contributed by atoms with van der Waals surface area (Å²) in [7, 11) is -3.59. The molecule has 0 aliphatic heterocycles. The molecule has 7 heteroatoms. The van der Waals surface area contributed by atoms with Gasteiger partial charge in [-0.3, -0.25) is 20.4 Å². The fourth-order valence-corrected chi connectivity index (χ4v) is 2.68. The molecule has 2 aromatic carbocycles. The topological polar surface area (TPSA) is 87.3 Å². The minimum Gasteiger partial charge on any atom is -0.299 e. The smallest absolute Gasteiger partial charge is 0.261 e. The first kappa shape index (κ1) is 14.9. The summed E-state index contributed by atoms with van der Waals surface area (Å²) in [5.41, 5.74) is 6.20. The Labute approximate surface area is 123 Å². The van der Waals surface area contributed by atoms with Gasteiger partial charge in [-0.2, -0.15) is 0 Å². The summed E-state index contributed by atoms with van der Waals surface area (Å²) < 4.78 is 26.7. The van der Waals surface area contributed by atoms with Gasteiger partial charge in [0, 0.05) is 12.6 Å². The quantitative estimate of drug-likeness (QED) is 0.737. The van der Waals surface area contributed by atoms with Crippen LogP contribution in [-0.4, -0.2) is 14.3 Å². The summed E-state index contributed by atoms with van der Waals surface area (Å²) in [5.74, 6) is -0.219. The summed E-state index contributed by atoms with van der Waals surface area (Å²) in [6.07, 6.45) is 0. The second-order valence-corrected chi connectivity index (χ2v) is 5.98. The van der Waals surface area contributed by atoms with E-state index in [9.17, 15) is 13.2 Å². The predicted molar refractivity (Wildman–Crippen MR) is 81.1 cm³/mol. The van der Waals surface area contributed by atoms with Gasteiger partial charge in [0.05, 0.1) is 10.6 Å². The fraction of sp³-hybridized carbons (Fsp3) is 0.0714. The molecule has 0 aromatic heterocycles. The van der Waals surface area contributed by atoms with Gasteiger partial charge in [0.2, 0.25) is 5.91 Å². The number of nitrogens with one attached hydrogen (secondary N) is 3. The van der Waals surface area contributed by atoms with E-state index in [-0.39, 0.29) is 10.8 Å². The van der Waals surface area contributed by atoms with Crippen molar-refractivity contribution in [3.05, 3.63) is 54.6 Å². The maximum Gasteiger partial charge on any atom is 0.261 e. The lowest BCUT2D eigenvalue weighted by Crippen LogP contribution is -2.26. The molecule has 21 heavy (non-hydrogen) atoms. The largest absolute Gasteiger partial charge is 0.299 e. The first-order valence-corrected chi connectivity index (χ1v) is 7.66. The highest BCUT2D eigenvalue weighted by molar-refractivity contribution is 7.92. The Morgan fingerprint density at radius 2 is 1.48 bits per heavy atom. The highest BCUT2D eigenvalue weighted by atomic mass is 32.2. The fourth-order valence-electron chi connectivity index (χ4n) is 1.60. The van der Waals surface area contributed by atoms with Crippen molar-refractivity contribution in [2.45, 2.75) is 11.8 Å². The van der Waals surface area contributed by atoms with Gasteiger partial charge in [-0.15, -0.1) is 0 Å². The number of hydrogen-bond acceptors (Lipinski definition) is 4. The number of rotatable bonds is 5. The Morgan fingerprint density at radius 1 is 0.905 bits per heavy atom. The molecule has 2 aromatic rings. The number of sulfonamides is 1. The maximum atomic E-state index is 12.1. The molecule has 0 unspecified atom stereocenters. The molecule has 1 amide bonds. The van der Waals surface area contributed by atoms with Gasteiger partial charge in [-0.05, 0) is 36.4 Å². The summed E-state index contributed by atoms with van der Waals surface area (Å²) in [6.45, 7) is 1.38. The van der Waals surface area contributed by atoms with Crippen LogP contribution >= 0.6 is 0 Å². The van der Waals surface area contributed by atoms with E-state index in [4.69, 9.17) is 0 Å². The lowest BCUT2D eigenvalue weighted by molar-refractivity contribution is -0.118. The normalized spacial score (nSPS) is 10.7. The van der Waals surface area contributed by atoms with E-state index in [1.54, 1.807) is 42.5 Å². The number of benzene rings is 2. The van der Waals surface area contributed by atoms with Crippen molar-refractivity contribution in [2.24, 2.45) is 0 Å². The highest BCUT2D eigenvalue weighted by Crippen LogP contribution is 2.17. The third kappa shape index (κ3) is 4.22. The van der Waals surface area contributed by atoms with E-state index in [0.29, 0.717) is 11.4 Å². The van der Waals surface area contributed by atoms with E-state index in [1.807, 2.05) is 0 Å². The van der Waals surface area contributed by atoms with Crippen molar-refractivity contribution in [1.82, 2.24) is 5.43 Å². The number of carbonyl (C=O) groups is 1. The van der Waals surface area contributed by atoms with Crippen LogP contribution in [0, 0.1) is 0 Å². The number of amides is 1. The Balaban J connectivity index is 2.08. The third-order valence-corrected chi connectivity index (χ3v) is 3.97. The van der Waals surface area contributed by atoms with Crippen LogP contribution in [0.5, 0.6) is 0 Å². The lowest BCUT2D eigenvalue weighted by atomic mass is 10.3. The Kier molecular flexibility index (Phi) is 4.44. The maximum absolute atomic E-state index is 12.1. The van der Waals surface area contributed by atoms with E-state index in [0.717, 1.165) is 0 Å². The van der Waals surface area contributed by atoms with Gasteiger partial charge < -0.3 is 0 Å². The zero-order valence-corrected chi connectivity index (χ0v) is 12.1. The van der Waals surface area contributed by atoms with E-state index >= 15 is 0 Å². The molecule has 0 aliphatic carbocycles. The van der Waals surface area contributed by atoms with Crippen LogP contribution in [0.1, 0.15) is 6.92 Å². The van der Waals surface area contributed by atoms with Gasteiger partial charge in [0.15, 0.2) is 0 Å². The Hall–Kier alpha value is -2.54. The second-order valence-electron chi connectivity index (χ2n) is 4.30. The zero-order valence-electron chi connectivity index (χ0n) is 11.3. The molecule has 3 N–H and O–H groups in total. The predicted octanol–water partition coefficient (Wildman–Crippen LogP) is 1.95. The van der Waals surface area contributed by atoms with Crippen LogP contribution in [0.4, 0.5) is 11.4 Å². The van der Waals surface area contributed by atoms with Crippen LogP contribution in [-0.2, 0) is 14.8 Å². The van der Waals surface area contributed by atoms with E-state index in [1.165, 1.54) is 19.1 Å². The van der Waals surface area contributed by atoms with Crippen molar-refractivity contribution in [3.8, 4) is 0 Å². The van der Waals surface area contributed by atoms with Crippen molar-refractivity contribution in [3.63, 3.8) is 0 Å². The average Bonchev–Trinajstić information content (AvgIpc) is 2.47. The second kappa shape index (κ2) is 6.27. The van der Waals surface area contributed by atoms with Crippen LogP contribution < -0.4 is 15.6 Å². The summed E-state index contributed by atoms with van der Waals surface area (Å²) in [5, 5.41) is 0. The van der Waals surface area contributed by atoms with Gasteiger partial charge in [-0.1, -0.05) is 18.2 Å². The molecule has 0 heterocycles. The molecule has 0 fully saturated rings. The monoisotopic (exact) mass is 305 g/mol. The molecule has 0 atom stereocenters. The minimum absolute atomic E-state index is 0.199. The third-order valence-electron chi connectivity index (χ3n) is 2.57. The molecule has 0 saturated carbocycles. The van der Waals surface area contributed by atoms with Crippen molar-refractivity contribution < 1.29 is 13.2 Å². The van der Waals surface area contributed by atoms with Crippen LogP contribution in [0.25, 0.3) is 0 Å². The highest BCUT2D eigenvalue weighted by Gasteiger charge is 2.12. The molecule has 0 saturated heterocycles. The summed E-state index contributed by atoms with van der Waals surface area (Å²) >= 11 is 0. The first-order valence-electron chi connectivity index (χ1n) is 6.18. The van der Waals surface area contributed by atoms with Gasteiger partial charge >= 0.3 is 0 Å². The van der Waals surface area contributed by atoms with Crippen molar-refractivity contribution in [2.75, 3.05) is 10.1 Å². The van der Waals surface area contributed by atoms with E-state index < -0.39 is 10.0 Å². The Morgan fingerprint density at radius 3 is 2.05 bits per heavy atom. The van der Waals surface area contributed by atoms with Crippen molar-refractivity contribution in [1.29, 1.82) is 0 Å². The standard InChI is InChI=1S/C14H15N3O3S/c1-11(18)15-16-12-7-9-13(10-8-12)17-21(19,20)14-5-3-2-4-6-14/h2-10,16-17H,1H3,(H,15,18). The molecule has 0 aliphatic rings. The summed E-state index contributed by atoms with van der Waals surface area (Å²) in [6, 6.07) is 14.6. The Bertz CT molecular complexity index is 713. The van der Waals surface area contributed by atoms with Gasteiger partial charge in [-0.25, -0.2) is 8.42 Å². The van der Waals surface area contributed by atoms with E-state index in [2.05, 4.69) is 15.6 Å². The SMILES string of the molecule is CC(=O)NNc1ccc(NS(=O)(=O)c2ccccc2)cc1. The average molecular weight is 305 g/mol. The van der Waals surface area contributed by atoms with Gasteiger partial charge in [0.1, 0.15) is 0 Å². The van der Waals surface area contributed by atoms with Crippen LogP contribution in [0.15, 0.2) is 59.5 Å². The first-order chi connectivity index (χ1) is 9.97. The van der Waals surface area contributed by atoms with Crippen molar-refractivity contribution >= 4 is 27.3 Å².